The predicted molar refractivity (Wildman–Crippen MR) is 79.1 cm³/mol. The molecule has 0 bridgehead atoms. The van der Waals surface area contributed by atoms with Crippen LogP contribution in [0.5, 0.6) is 5.75 Å². The van der Waals surface area contributed by atoms with E-state index in [-0.39, 0.29) is 6.03 Å². The molecule has 1 aliphatic rings. The maximum Gasteiger partial charge on any atom is 0.317 e. The van der Waals surface area contributed by atoms with Crippen molar-refractivity contribution < 1.29 is 9.53 Å². The summed E-state index contributed by atoms with van der Waals surface area (Å²) >= 11 is 7.78. The lowest BCUT2D eigenvalue weighted by atomic mass is 10.2. The molecule has 19 heavy (non-hydrogen) atoms. The number of carbonyl (C=O) groups is 1. The summed E-state index contributed by atoms with van der Waals surface area (Å²) in [5, 5.41) is 3.54. The molecule has 0 unspecified atom stereocenters. The number of hydrogen-bond acceptors (Lipinski definition) is 3. The van der Waals surface area contributed by atoms with Crippen LogP contribution >= 0.6 is 23.4 Å². The minimum Gasteiger partial charge on any atom is -0.496 e. The third-order valence-electron chi connectivity index (χ3n) is 2.98. The summed E-state index contributed by atoms with van der Waals surface area (Å²) in [5.74, 6) is 2.72. The van der Waals surface area contributed by atoms with Gasteiger partial charge in [-0.2, -0.15) is 11.8 Å². The molecule has 1 aromatic carbocycles. The number of halogens is 1. The number of amides is 2. The maximum atomic E-state index is 12.0. The van der Waals surface area contributed by atoms with E-state index in [0.717, 1.165) is 30.2 Å². The smallest absolute Gasteiger partial charge is 0.317 e. The molecule has 104 valence electrons. The van der Waals surface area contributed by atoms with Gasteiger partial charge in [-0.05, 0) is 12.1 Å². The molecule has 2 rings (SSSR count). The molecule has 6 heteroatoms. The highest BCUT2D eigenvalue weighted by molar-refractivity contribution is 7.99. The fourth-order valence-corrected chi connectivity index (χ4v) is 2.98. The molecular formula is C13H17ClN2O2S. The number of rotatable bonds is 3. The Bertz CT molecular complexity index is 450. The molecule has 0 aliphatic carbocycles. The van der Waals surface area contributed by atoms with Gasteiger partial charge < -0.3 is 15.0 Å². The number of urea groups is 1. The Morgan fingerprint density at radius 3 is 2.89 bits per heavy atom. The predicted octanol–water partition coefficient (Wildman–Crippen LogP) is 2.61. The summed E-state index contributed by atoms with van der Waals surface area (Å²) in [6.07, 6.45) is 0. The van der Waals surface area contributed by atoms with Gasteiger partial charge in [0.15, 0.2) is 0 Å². The van der Waals surface area contributed by atoms with Crippen molar-refractivity contribution in [2.24, 2.45) is 0 Å². The summed E-state index contributed by atoms with van der Waals surface area (Å²) in [4.78, 5) is 13.8. The van der Waals surface area contributed by atoms with Gasteiger partial charge in [-0.3, -0.25) is 0 Å². The average Bonchev–Trinajstić information content (AvgIpc) is 2.46. The minimum absolute atomic E-state index is 0.0164. The van der Waals surface area contributed by atoms with Crippen molar-refractivity contribution in [1.82, 2.24) is 10.2 Å². The van der Waals surface area contributed by atoms with Gasteiger partial charge in [0.2, 0.25) is 0 Å². The van der Waals surface area contributed by atoms with E-state index in [1.807, 2.05) is 22.7 Å². The summed E-state index contributed by atoms with van der Waals surface area (Å²) < 4.78 is 5.25. The van der Waals surface area contributed by atoms with Gasteiger partial charge in [0.25, 0.3) is 0 Å². The van der Waals surface area contributed by atoms with Crippen LogP contribution in [0.25, 0.3) is 0 Å². The van der Waals surface area contributed by atoms with Crippen LogP contribution in [0.1, 0.15) is 5.56 Å². The Morgan fingerprint density at radius 1 is 1.47 bits per heavy atom. The Hall–Kier alpha value is -1.07. The SMILES string of the molecule is COc1cc(Cl)ccc1CNC(=O)N1CCSCC1. The molecule has 0 radical (unpaired) electrons. The molecule has 0 atom stereocenters. The van der Waals surface area contributed by atoms with E-state index in [1.54, 1.807) is 19.2 Å². The van der Waals surface area contributed by atoms with Crippen LogP contribution in [-0.4, -0.2) is 42.6 Å². The highest BCUT2D eigenvalue weighted by Crippen LogP contribution is 2.23. The zero-order chi connectivity index (χ0) is 13.7. The lowest BCUT2D eigenvalue weighted by Crippen LogP contribution is -2.44. The monoisotopic (exact) mass is 300 g/mol. The van der Waals surface area contributed by atoms with Crippen LogP contribution in [0.2, 0.25) is 5.02 Å². The topological polar surface area (TPSA) is 41.6 Å². The maximum absolute atomic E-state index is 12.0. The zero-order valence-corrected chi connectivity index (χ0v) is 12.4. The van der Waals surface area contributed by atoms with E-state index in [1.165, 1.54) is 0 Å². The molecule has 0 saturated carbocycles. The Balaban J connectivity index is 1.92. The number of carbonyl (C=O) groups excluding carboxylic acids is 1. The molecule has 1 aromatic rings. The third kappa shape index (κ3) is 3.94. The average molecular weight is 301 g/mol. The van der Waals surface area contributed by atoms with Gasteiger partial charge >= 0.3 is 6.03 Å². The van der Waals surface area contributed by atoms with E-state index in [9.17, 15) is 4.79 Å². The standard InChI is InChI=1S/C13H17ClN2O2S/c1-18-12-8-11(14)3-2-10(12)9-15-13(17)16-4-6-19-7-5-16/h2-3,8H,4-7,9H2,1H3,(H,15,17). The Morgan fingerprint density at radius 2 is 2.21 bits per heavy atom. The fraction of sp³-hybridized carbons (Fsp3) is 0.462. The van der Waals surface area contributed by atoms with Crippen LogP contribution in [0.4, 0.5) is 4.79 Å². The molecule has 1 N–H and O–H groups in total. The summed E-state index contributed by atoms with van der Waals surface area (Å²) in [7, 11) is 1.60. The highest BCUT2D eigenvalue weighted by atomic mass is 35.5. The first-order chi connectivity index (χ1) is 9.20. The van der Waals surface area contributed by atoms with Gasteiger partial charge in [0.1, 0.15) is 5.75 Å². The van der Waals surface area contributed by atoms with Crippen LogP contribution < -0.4 is 10.1 Å². The van der Waals surface area contributed by atoms with E-state index in [0.29, 0.717) is 17.3 Å². The van der Waals surface area contributed by atoms with Crippen molar-refractivity contribution >= 4 is 29.4 Å². The lowest BCUT2D eigenvalue weighted by molar-refractivity contribution is 0.202. The number of methoxy groups -OCH3 is 1. The van der Waals surface area contributed by atoms with Crippen molar-refractivity contribution in [2.75, 3.05) is 31.7 Å². The number of hydrogen-bond donors (Lipinski definition) is 1. The van der Waals surface area contributed by atoms with Crippen LogP contribution in [-0.2, 0) is 6.54 Å². The summed E-state index contributed by atoms with van der Waals surface area (Å²) in [6, 6.07) is 5.40. The van der Waals surface area contributed by atoms with Crippen molar-refractivity contribution in [3.63, 3.8) is 0 Å². The van der Waals surface area contributed by atoms with Crippen molar-refractivity contribution in [3.05, 3.63) is 28.8 Å². The molecule has 1 fully saturated rings. The second kappa shape index (κ2) is 6.91. The second-order valence-electron chi connectivity index (χ2n) is 4.21. The normalized spacial score (nSPS) is 15.2. The first-order valence-electron chi connectivity index (χ1n) is 6.13. The first kappa shape index (κ1) is 14.3. The number of nitrogens with one attached hydrogen (secondary N) is 1. The number of nitrogens with zero attached hydrogens (tertiary/aromatic N) is 1. The quantitative estimate of drug-likeness (QED) is 0.933. The van der Waals surface area contributed by atoms with E-state index in [4.69, 9.17) is 16.3 Å². The van der Waals surface area contributed by atoms with E-state index >= 15 is 0 Å². The summed E-state index contributed by atoms with van der Waals surface area (Å²) in [5.41, 5.74) is 0.923. The van der Waals surface area contributed by atoms with Crippen molar-refractivity contribution in [2.45, 2.75) is 6.54 Å². The zero-order valence-electron chi connectivity index (χ0n) is 10.8. The summed E-state index contributed by atoms with van der Waals surface area (Å²) in [6.45, 7) is 2.07. The Labute approximate surface area is 122 Å². The first-order valence-corrected chi connectivity index (χ1v) is 7.67. The van der Waals surface area contributed by atoms with Crippen LogP contribution in [0.3, 0.4) is 0 Å². The van der Waals surface area contributed by atoms with Crippen molar-refractivity contribution in [3.8, 4) is 5.75 Å². The molecule has 2 amide bonds. The molecule has 4 nitrogen and oxygen atoms in total. The van der Waals surface area contributed by atoms with E-state index in [2.05, 4.69) is 5.32 Å². The second-order valence-corrected chi connectivity index (χ2v) is 5.88. The molecule has 1 heterocycles. The molecule has 0 spiro atoms. The molecule has 1 saturated heterocycles. The van der Waals surface area contributed by atoms with Gasteiger partial charge in [0, 0.05) is 41.7 Å². The van der Waals surface area contributed by atoms with Gasteiger partial charge in [-0.1, -0.05) is 17.7 Å². The minimum atomic E-state index is -0.0164. The van der Waals surface area contributed by atoms with Gasteiger partial charge in [-0.25, -0.2) is 4.79 Å². The van der Waals surface area contributed by atoms with Gasteiger partial charge in [0.05, 0.1) is 7.11 Å². The van der Waals surface area contributed by atoms with Crippen LogP contribution in [0.15, 0.2) is 18.2 Å². The van der Waals surface area contributed by atoms with E-state index < -0.39 is 0 Å². The number of benzene rings is 1. The fourth-order valence-electron chi connectivity index (χ4n) is 1.91. The van der Waals surface area contributed by atoms with Crippen LogP contribution in [0, 0.1) is 0 Å². The number of thioether (sulfide) groups is 1. The van der Waals surface area contributed by atoms with Gasteiger partial charge in [-0.15, -0.1) is 0 Å². The third-order valence-corrected chi connectivity index (χ3v) is 4.16. The lowest BCUT2D eigenvalue weighted by Gasteiger charge is -2.26. The molecular weight excluding hydrogens is 284 g/mol. The Kier molecular flexibility index (Phi) is 5.22. The number of ether oxygens (including phenoxy) is 1. The molecule has 0 aromatic heterocycles. The largest absolute Gasteiger partial charge is 0.496 e. The molecule has 1 aliphatic heterocycles. The van der Waals surface area contributed by atoms with Crippen molar-refractivity contribution in [1.29, 1.82) is 0 Å². The highest BCUT2D eigenvalue weighted by Gasteiger charge is 2.16.